The van der Waals surface area contributed by atoms with E-state index >= 15 is 0 Å². The van der Waals surface area contributed by atoms with Crippen LogP contribution >= 0.6 is 0 Å². The monoisotopic (exact) mass is 369 g/mol. The lowest BCUT2D eigenvalue weighted by Gasteiger charge is -2.29. The number of methoxy groups -OCH3 is 1. The molecule has 2 aliphatic rings. The predicted molar refractivity (Wildman–Crippen MR) is 99.1 cm³/mol. The van der Waals surface area contributed by atoms with Gasteiger partial charge in [-0.2, -0.15) is 5.10 Å². The number of ether oxygens (including phenoxy) is 3. The van der Waals surface area contributed by atoms with E-state index in [0.29, 0.717) is 43.1 Å². The lowest BCUT2D eigenvalue weighted by atomic mass is 9.90. The Morgan fingerprint density at radius 1 is 1.33 bits per heavy atom. The molecular weight excluding hydrogens is 346 g/mol. The van der Waals surface area contributed by atoms with Crippen LogP contribution in [0, 0.1) is 0 Å². The second kappa shape index (κ2) is 7.92. The van der Waals surface area contributed by atoms with Gasteiger partial charge in [-0.3, -0.25) is 9.48 Å². The molecule has 0 bridgehead atoms. The van der Waals surface area contributed by atoms with Gasteiger partial charge in [0.15, 0.2) is 6.29 Å². The van der Waals surface area contributed by atoms with Crippen molar-refractivity contribution in [2.45, 2.75) is 31.7 Å². The van der Waals surface area contributed by atoms with Crippen molar-refractivity contribution in [3.63, 3.8) is 0 Å². The van der Waals surface area contributed by atoms with Crippen molar-refractivity contribution in [2.75, 3.05) is 26.9 Å². The van der Waals surface area contributed by atoms with Crippen LogP contribution in [0.2, 0.25) is 0 Å². The highest BCUT2D eigenvalue weighted by Crippen LogP contribution is 2.34. The number of nitrogens with zero attached hydrogens (tertiary/aromatic N) is 3. The molecular formula is C20H23N3O4. The van der Waals surface area contributed by atoms with Gasteiger partial charge in [0.1, 0.15) is 12.4 Å². The van der Waals surface area contributed by atoms with Gasteiger partial charge in [0.05, 0.1) is 43.8 Å². The van der Waals surface area contributed by atoms with Crippen LogP contribution in [0.1, 0.15) is 47.8 Å². The predicted octanol–water partition coefficient (Wildman–Crippen LogP) is 3.08. The first kappa shape index (κ1) is 17.7. The minimum absolute atomic E-state index is 0.319. The summed E-state index contributed by atoms with van der Waals surface area (Å²) in [5.41, 5.74) is 4.16. The van der Waals surface area contributed by atoms with E-state index in [9.17, 15) is 4.79 Å². The zero-order chi connectivity index (χ0) is 18.6. The highest BCUT2D eigenvalue weighted by atomic mass is 16.5. The number of aromatic nitrogens is 3. The molecule has 0 amide bonds. The van der Waals surface area contributed by atoms with Crippen LogP contribution in [0.25, 0.3) is 5.57 Å². The maximum absolute atomic E-state index is 11.4. The van der Waals surface area contributed by atoms with Crippen molar-refractivity contribution in [3.8, 4) is 11.6 Å². The van der Waals surface area contributed by atoms with Crippen molar-refractivity contribution in [1.82, 2.24) is 14.8 Å². The van der Waals surface area contributed by atoms with Crippen molar-refractivity contribution in [3.05, 3.63) is 41.4 Å². The van der Waals surface area contributed by atoms with E-state index in [1.165, 1.54) is 18.3 Å². The summed E-state index contributed by atoms with van der Waals surface area (Å²) in [4.78, 5) is 15.5. The molecule has 0 unspecified atom stereocenters. The van der Waals surface area contributed by atoms with Gasteiger partial charge in [-0.15, -0.1) is 0 Å². The summed E-state index contributed by atoms with van der Waals surface area (Å²) in [5.74, 6) is 0.873. The number of carbonyl (C=O) groups is 1. The topological polar surface area (TPSA) is 75.5 Å². The number of rotatable bonds is 7. The van der Waals surface area contributed by atoms with Crippen LogP contribution in [-0.2, 0) is 4.74 Å². The third kappa shape index (κ3) is 3.60. The van der Waals surface area contributed by atoms with Crippen molar-refractivity contribution >= 4 is 11.9 Å². The molecule has 2 aromatic heterocycles. The van der Waals surface area contributed by atoms with Gasteiger partial charge in [0.25, 0.3) is 0 Å². The molecule has 0 atom stereocenters. The average molecular weight is 369 g/mol. The third-order valence-electron chi connectivity index (χ3n) is 5.14. The van der Waals surface area contributed by atoms with Crippen LogP contribution in [0.15, 0.2) is 30.1 Å². The van der Waals surface area contributed by atoms with Crippen LogP contribution in [0.3, 0.4) is 0 Å². The quantitative estimate of drug-likeness (QED) is 0.698. The van der Waals surface area contributed by atoms with Gasteiger partial charge in [0, 0.05) is 12.3 Å². The molecule has 0 aromatic carbocycles. The summed E-state index contributed by atoms with van der Waals surface area (Å²) in [6.45, 7) is 1.87. The molecule has 7 heteroatoms. The Morgan fingerprint density at radius 2 is 2.19 bits per heavy atom. The van der Waals surface area contributed by atoms with E-state index in [-0.39, 0.29) is 0 Å². The largest absolute Gasteiger partial charge is 0.487 e. The van der Waals surface area contributed by atoms with Gasteiger partial charge in [0.2, 0.25) is 5.88 Å². The zero-order valence-corrected chi connectivity index (χ0v) is 15.4. The molecule has 7 nitrogen and oxygen atoms in total. The van der Waals surface area contributed by atoms with Crippen molar-refractivity contribution in [2.24, 2.45) is 0 Å². The molecule has 4 rings (SSSR count). The first-order chi connectivity index (χ1) is 13.3. The fraction of sp³-hybridized carbons (Fsp3) is 0.450. The van der Waals surface area contributed by atoms with E-state index in [0.717, 1.165) is 37.7 Å². The Kier molecular flexibility index (Phi) is 5.20. The Bertz CT molecular complexity index is 855. The fourth-order valence-electron chi connectivity index (χ4n) is 3.57. The summed E-state index contributed by atoms with van der Waals surface area (Å²) < 4.78 is 18.4. The summed E-state index contributed by atoms with van der Waals surface area (Å²) >= 11 is 0. The summed E-state index contributed by atoms with van der Waals surface area (Å²) in [6.07, 6.45) is 8.47. The summed E-state index contributed by atoms with van der Waals surface area (Å²) in [6, 6.07) is 3.98. The van der Waals surface area contributed by atoms with Crippen LogP contribution in [0.5, 0.6) is 11.6 Å². The summed E-state index contributed by atoms with van der Waals surface area (Å²) in [7, 11) is 1.52. The van der Waals surface area contributed by atoms with Gasteiger partial charge in [-0.05, 0) is 42.9 Å². The van der Waals surface area contributed by atoms with Crippen LogP contribution in [-0.4, -0.2) is 48.0 Å². The number of hydrogen-bond acceptors (Lipinski definition) is 6. The standard InChI is InChI=1S/C20H23N3O4/c1-25-20-8-15(10-24)19(9-21-20)27-11-14-4-2-3-5-17(14)18-6-7-22-23(18)16-12-26-13-16/h6-10,16H,2-5,11-13H2,1H3. The Morgan fingerprint density at radius 3 is 2.93 bits per heavy atom. The Balaban J connectivity index is 1.58. The molecule has 1 aliphatic carbocycles. The van der Waals surface area contributed by atoms with Crippen molar-refractivity contribution < 1.29 is 19.0 Å². The van der Waals surface area contributed by atoms with E-state index < -0.39 is 0 Å². The molecule has 142 valence electrons. The first-order valence-corrected chi connectivity index (χ1v) is 9.24. The second-order valence-electron chi connectivity index (χ2n) is 6.81. The number of pyridine rings is 1. The number of aldehydes is 1. The number of carbonyl (C=O) groups excluding carboxylic acids is 1. The van der Waals surface area contributed by atoms with Crippen LogP contribution < -0.4 is 9.47 Å². The molecule has 0 spiro atoms. The van der Waals surface area contributed by atoms with Gasteiger partial charge >= 0.3 is 0 Å². The smallest absolute Gasteiger partial charge is 0.213 e. The highest BCUT2D eigenvalue weighted by molar-refractivity contribution is 5.79. The lowest BCUT2D eigenvalue weighted by molar-refractivity contribution is -0.0290. The van der Waals surface area contributed by atoms with Crippen LogP contribution in [0.4, 0.5) is 0 Å². The molecule has 1 aliphatic heterocycles. The molecule has 0 N–H and O–H groups in total. The zero-order valence-electron chi connectivity index (χ0n) is 15.4. The third-order valence-corrected chi connectivity index (χ3v) is 5.14. The Hall–Kier alpha value is -2.67. The second-order valence-corrected chi connectivity index (χ2v) is 6.81. The average Bonchev–Trinajstić information content (AvgIpc) is 3.14. The lowest BCUT2D eigenvalue weighted by Crippen LogP contribution is -2.32. The highest BCUT2D eigenvalue weighted by Gasteiger charge is 2.26. The van der Waals surface area contributed by atoms with E-state index in [4.69, 9.17) is 14.2 Å². The van der Waals surface area contributed by atoms with E-state index in [1.54, 1.807) is 12.3 Å². The van der Waals surface area contributed by atoms with E-state index in [1.807, 2.05) is 6.20 Å². The van der Waals surface area contributed by atoms with Crippen molar-refractivity contribution in [1.29, 1.82) is 0 Å². The molecule has 1 fully saturated rings. The van der Waals surface area contributed by atoms with Gasteiger partial charge < -0.3 is 14.2 Å². The minimum atomic E-state index is 0.319. The molecule has 0 radical (unpaired) electrons. The maximum atomic E-state index is 11.4. The van der Waals surface area contributed by atoms with Gasteiger partial charge in [-0.25, -0.2) is 4.98 Å². The van der Waals surface area contributed by atoms with E-state index in [2.05, 4.69) is 20.8 Å². The number of allylic oxidation sites excluding steroid dienone is 1. The Labute approximate surface area is 157 Å². The molecule has 1 saturated heterocycles. The molecule has 27 heavy (non-hydrogen) atoms. The SMILES string of the molecule is COc1cc(C=O)c(OCC2=C(c3ccnn3C3COC3)CCCC2)cn1. The molecule has 2 aromatic rings. The summed E-state index contributed by atoms with van der Waals surface area (Å²) in [5, 5.41) is 4.50. The fourth-order valence-corrected chi connectivity index (χ4v) is 3.57. The minimum Gasteiger partial charge on any atom is -0.487 e. The molecule has 0 saturated carbocycles. The normalized spacial score (nSPS) is 17.5. The number of hydrogen-bond donors (Lipinski definition) is 0. The first-order valence-electron chi connectivity index (χ1n) is 9.24. The molecule has 3 heterocycles. The maximum Gasteiger partial charge on any atom is 0.213 e. The van der Waals surface area contributed by atoms with Gasteiger partial charge in [-0.1, -0.05) is 0 Å².